The lowest BCUT2D eigenvalue weighted by molar-refractivity contribution is -0.130. The summed E-state index contributed by atoms with van der Waals surface area (Å²) in [6, 6.07) is 7.33. The SMILES string of the molecule is CC(C)Oc1ccc(-c2nc(C3=CC=CC4C(CNS(=O)(=O)CC(=O)N5CCC(O)CC5)CCC34)no2)cc1C#N. The molecule has 1 aromatic carbocycles. The molecule has 3 aliphatic rings. The fraction of sp³-hybridized carbons (Fsp3) is 0.517. The number of rotatable bonds is 9. The molecular formula is C29H35N5O6S. The van der Waals surface area contributed by atoms with Gasteiger partial charge < -0.3 is 19.3 Å². The number of hydrogen-bond acceptors (Lipinski definition) is 9. The molecule has 3 atom stereocenters. The maximum Gasteiger partial charge on any atom is 0.258 e. The van der Waals surface area contributed by atoms with Gasteiger partial charge in [-0.3, -0.25) is 4.79 Å². The highest BCUT2D eigenvalue weighted by Crippen LogP contribution is 2.46. The van der Waals surface area contributed by atoms with Gasteiger partial charge in [0.2, 0.25) is 15.9 Å². The summed E-state index contributed by atoms with van der Waals surface area (Å²) in [4.78, 5) is 18.6. The standard InChI is InChI=1S/C29H35N5O6S/c1-18(2)39-26-9-7-19(14-21(26)15-30)29-32-28(33-40-29)25-5-3-4-23-20(6-8-24(23)25)16-31-41(37,38)17-27(36)34-12-10-22(35)11-13-34/h3-5,7,9,14,18,20,22-24,31,35H,6,8,10-13,16-17H2,1-2H3. The van der Waals surface area contributed by atoms with Crippen molar-refractivity contribution < 1.29 is 27.6 Å². The summed E-state index contributed by atoms with van der Waals surface area (Å²) in [5.74, 6) is 0.510. The first-order valence-corrected chi connectivity index (χ1v) is 15.7. The lowest BCUT2D eigenvalue weighted by atomic mass is 9.81. The Hall–Kier alpha value is -3.53. The van der Waals surface area contributed by atoms with E-state index in [1.54, 1.807) is 18.2 Å². The van der Waals surface area contributed by atoms with Crippen LogP contribution in [0.25, 0.3) is 17.0 Å². The number of aliphatic hydroxyl groups is 1. The first kappa shape index (κ1) is 29.0. The van der Waals surface area contributed by atoms with Gasteiger partial charge in [-0.1, -0.05) is 23.4 Å². The summed E-state index contributed by atoms with van der Waals surface area (Å²) in [6.07, 6.45) is 8.10. The van der Waals surface area contributed by atoms with Crippen molar-refractivity contribution in [1.29, 1.82) is 5.26 Å². The third-order valence-corrected chi connectivity index (χ3v) is 9.19. The molecule has 2 aliphatic carbocycles. The second kappa shape index (κ2) is 12.1. The maximum atomic E-state index is 12.7. The maximum absolute atomic E-state index is 12.7. The van der Waals surface area contributed by atoms with Crippen LogP contribution in [0.2, 0.25) is 0 Å². The van der Waals surface area contributed by atoms with Crippen LogP contribution in [0.1, 0.15) is 50.9 Å². The highest BCUT2D eigenvalue weighted by molar-refractivity contribution is 7.90. The van der Waals surface area contributed by atoms with E-state index in [0.717, 1.165) is 18.4 Å². The minimum absolute atomic E-state index is 0.0630. The molecule has 2 fully saturated rings. The van der Waals surface area contributed by atoms with E-state index in [-0.39, 0.29) is 30.4 Å². The number of sulfonamides is 1. The zero-order valence-electron chi connectivity index (χ0n) is 23.2. The number of aromatic nitrogens is 2. The van der Waals surface area contributed by atoms with Gasteiger partial charge in [0, 0.05) is 30.8 Å². The van der Waals surface area contributed by atoms with Crippen LogP contribution in [0.5, 0.6) is 5.75 Å². The van der Waals surface area contributed by atoms with Crippen LogP contribution in [0.15, 0.2) is 41.0 Å². The number of likely N-dealkylation sites (tertiary alicyclic amines) is 1. The number of aliphatic hydroxyl groups excluding tert-OH is 1. The molecule has 0 radical (unpaired) electrons. The number of carbonyl (C=O) groups excluding carboxylic acids is 1. The molecule has 2 heterocycles. The van der Waals surface area contributed by atoms with Crippen LogP contribution >= 0.6 is 0 Å². The summed E-state index contributed by atoms with van der Waals surface area (Å²) in [6.45, 7) is 4.78. The van der Waals surface area contributed by atoms with Crippen molar-refractivity contribution in [2.45, 2.75) is 51.7 Å². The molecule has 1 aromatic heterocycles. The molecule has 218 valence electrons. The largest absolute Gasteiger partial charge is 0.490 e. The van der Waals surface area contributed by atoms with Gasteiger partial charge in [0.25, 0.3) is 5.89 Å². The van der Waals surface area contributed by atoms with Crippen LogP contribution in [-0.2, 0) is 14.8 Å². The highest BCUT2D eigenvalue weighted by atomic mass is 32.2. The molecule has 0 spiro atoms. The Morgan fingerprint density at radius 2 is 2.05 bits per heavy atom. The Balaban J connectivity index is 1.21. The number of allylic oxidation sites excluding steroid dienone is 4. The molecule has 1 aliphatic heterocycles. The number of piperidine rings is 1. The van der Waals surface area contributed by atoms with Crippen molar-refractivity contribution in [3.05, 3.63) is 47.8 Å². The van der Waals surface area contributed by atoms with Crippen LogP contribution in [-0.4, -0.2) is 72.1 Å². The molecule has 1 saturated heterocycles. The lowest BCUT2D eigenvalue weighted by Gasteiger charge is -2.29. The monoisotopic (exact) mass is 581 g/mol. The molecule has 41 heavy (non-hydrogen) atoms. The molecule has 1 saturated carbocycles. The van der Waals surface area contributed by atoms with Crippen molar-refractivity contribution in [3.63, 3.8) is 0 Å². The average Bonchev–Trinajstić information content (AvgIpc) is 3.60. The predicted molar refractivity (Wildman–Crippen MR) is 151 cm³/mol. The summed E-state index contributed by atoms with van der Waals surface area (Å²) in [5, 5.41) is 23.4. The molecule has 5 rings (SSSR count). The second-order valence-corrected chi connectivity index (χ2v) is 13.0. The molecular weight excluding hydrogens is 546 g/mol. The van der Waals surface area contributed by atoms with E-state index in [9.17, 15) is 23.6 Å². The molecule has 2 aromatic rings. The summed E-state index contributed by atoms with van der Waals surface area (Å²) >= 11 is 0. The van der Waals surface area contributed by atoms with Gasteiger partial charge in [-0.15, -0.1) is 0 Å². The van der Waals surface area contributed by atoms with Gasteiger partial charge in [-0.05, 0) is 75.5 Å². The number of carbonyl (C=O) groups is 1. The van der Waals surface area contributed by atoms with Gasteiger partial charge in [-0.25, -0.2) is 13.1 Å². The third kappa shape index (κ3) is 6.69. The topological polar surface area (TPSA) is 159 Å². The van der Waals surface area contributed by atoms with Gasteiger partial charge >= 0.3 is 0 Å². The predicted octanol–water partition coefficient (Wildman–Crippen LogP) is 2.89. The summed E-state index contributed by atoms with van der Waals surface area (Å²) < 4.78 is 39.3. The van der Waals surface area contributed by atoms with Crippen molar-refractivity contribution in [2.75, 3.05) is 25.4 Å². The Morgan fingerprint density at radius 3 is 2.78 bits per heavy atom. The number of amides is 1. The normalized spacial score (nSPS) is 22.9. The summed E-state index contributed by atoms with van der Waals surface area (Å²) in [7, 11) is -3.79. The van der Waals surface area contributed by atoms with E-state index < -0.39 is 27.8 Å². The second-order valence-electron chi connectivity index (χ2n) is 11.2. The van der Waals surface area contributed by atoms with E-state index in [2.05, 4.69) is 27.0 Å². The Bertz CT molecular complexity index is 1480. The van der Waals surface area contributed by atoms with E-state index in [0.29, 0.717) is 54.5 Å². The Morgan fingerprint density at radius 1 is 1.27 bits per heavy atom. The number of nitriles is 1. The van der Waals surface area contributed by atoms with Crippen molar-refractivity contribution in [1.82, 2.24) is 19.8 Å². The van der Waals surface area contributed by atoms with Crippen LogP contribution in [0, 0.1) is 29.1 Å². The number of fused-ring (bicyclic) bond motifs is 1. The van der Waals surface area contributed by atoms with Crippen molar-refractivity contribution in [3.8, 4) is 23.3 Å². The zero-order chi connectivity index (χ0) is 29.1. The van der Waals surface area contributed by atoms with Gasteiger partial charge in [0.1, 0.15) is 17.6 Å². The fourth-order valence-electron chi connectivity index (χ4n) is 5.87. The van der Waals surface area contributed by atoms with E-state index >= 15 is 0 Å². The van der Waals surface area contributed by atoms with Crippen LogP contribution < -0.4 is 9.46 Å². The third-order valence-electron chi connectivity index (χ3n) is 7.96. The molecule has 1 amide bonds. The van der Waals surface area contributed by atoms with Gasteiger partial charge in [-0.2, -0.15) is 10.2 Å². The quantitative estimate of drug-likeness (QED) is 0.454. The zero-order valence-corrected chi connectivity index (χ0v) is 24.0. The van der Waals surface area contributed by atoms with Gasteiger partial charge in [0.15, 0.2) is 5.82 Å². The number of hydrogen-bond donors (Lipinski definition) is 2. The lowest BCUT2D eigenvalue weighted by Crippen LogP contribution is -2.45. The number of benzene rings is 1. The van der Waals surface area contributed by atoms with Crippen LogP contribution in [0.4, 0.5) is 0 Å². The molecule has 11 nitrogen and oxygen atoms in total. The number of ether oxygens (including phenoxy) is 1. The first-order valence-electron chi connectivity index (χ1n) is 14.0. The van der Waals surface area contributed by atoms with E-state index in [1.165, 1.54) is 4.90 Å². The summed E-state index contributed by atoms with van der Waals surface area (Å²) in [5.41, 5.74) is 1.93. The fourth-order valence-corrected chi connectivity index (χ4v) is 6.95. The minimum Gasteiger partial charge on any atom is -0.490 e. The molecule has 3 unspecified atom stereocenters. The number of nitrogens with zero attached hydrogens (tertiary/aromatic N) is 4. The van der Waals surface area contributed by atoms with Gasteiger partial charge in [0.05, 0.1) is 17.8 Å². The Labute approximate surface area is 239 Å². The number of nitrogens with one attached hydrogen (secondary N) is 1. The first-order chi connectivity index (χ1) is 19.6. The molecule has 0 bridgehead atoms. The minimum atomic E-state index is -3.79. The van der Waals surface area contributed by atoms with E-state index in [1.807, 2.05) is 26.0 Å². The highest BCUT2D eigenvalue weighted by Gasteiger charge is 2.40. The smallest absolute Gasteiger partial charge is 0.258 e. The van der Waals surface area contributed by atoms with Crippen LogP contribution in [0.3, 0.4) is 0 Å². The van der Waals surface area contributed by atoms with Crippen molar-refractivity contribution in [2.24, 2.45) is 17.8 Å². The van der Waals surface area contributed by atoms with Crippen molar-refractivity contribution >= 4 is 21.5 Å². The average molecular weight is 582 g/mol. The Kier molecular flexibility index (Phi) is 8.58. The van der Waals surface area contributed by atoms with E-state index in [4.69, 9.17) is 9.26 Å². The molecule has 12 heteroatoms. The molecule has 2 N–H and O–H groups in total.